The third-order valence-electron chi connectivity index (χ3n) is 4.31. The largest absolute Gasteiger partial charge is 0.497 e. The number of ketones is 1. The molecular weight excluding hydrogens is 391 g/mol. The average Bonchev–Trinajstić information content (AvgIpc) is 2.96. The first kappa shape index (κ1) is 19.3. The van der Waals surface area contributed by atoms with Crippen molar-refractivity contribution in [1.29, 1.82) is 0 Å². The molecule has 0 saturated heterocycles. The summed E-state index contributed by atoms with van der Waals surface area (Å²) in [7, 11) is 3.09. The molecule has 140 valence electrons. The lowest BCUT2D eigenvalue weighted by atomic mass is 9.86. The second-order valence-corrected chi connectivity index (χ2v) is 6.62. The summed E-state index contributed by atoms with van der Waals surface area (Å²) in [6.07, 6.45) is -0.991. The van der Waals surface area contributed by atoms with Gasteiger partial charge in [0.2, 0.25) is 0 Å². The van der Waals surface area contributed by atoms with Gasteiger partial charge in [-0.25, -0.2) is 4.79 Å². The molecule has 0 radical (unpaired) electrons. The van der Waals surface area contributed by atoms with Crippen LogP contribution in [-0.4, -0.2) is 32.1 Å². The number of hydrogen-bond donors (Lipinski definition) is 0. The maximum atomic E-state index is 13.3. The third-order valence-corrected chi connectivity index (χ3v) is 5.17. The minimum Gasteiger partial charge on any atom is -0.497 e. The summed E-state index contributed by atoms with van der Waals surface area (Å²) in [5.74, 6) is -0.590. The average molecular weight is 407 g/mol. The zero-order valence-corrected chi connectivity index (χ0v) is 16.1. The van der Waals surface area contributed by atoms with E-state index in [4.69, 9.17) is 37.4 Å². The zero-order chi connectivity index (χ0) is 19.6. The maximum absolute atomic E-state index is 13.3. The Morgan fingerprint density at radius 3 is 1.93 bits per heavy atom. The number of hydrogen-bond acceptors (Lipinski definition) is 5. The predicted octanol–water partition coefficient (Wildman–Crippen LogP) is 4.28. The molecule has 0 amide bonds. The van der Waals surface area contributed by atoms with Crippen molar-refractivity contribution in [2.75, 3.05) is 14.2 Å². The fraction of sp³-hybridized carbons (Fsp3) is 0.200. The molecule has 3 rings (SSSR count). The van der Waals surface area contributed by atoms with Crippen molar-refractivity contribution in [2.45, 2.75) is 12.0 Å². The van der Waals surface area contributed by atoms with Gasteiger partial charge in [0.25, 0.3) is 0 Å². The lowest BCUT2D eigenvalue weighted by Gasteiger charge is -2.23. The van der Waals surface area contributed by atoms with Crippen molar-refractivity contribution in [2.24, 2.45) is 0 Å². The van der Waals surface area contributed by atoms with Crippen LogP contribution in [0.3, 0.4) is 0 Å². The number of carbonyl (C=O) groups is 2. The van der Waals surface area contributed by atoms with Gasteiger partial charge in [0.15, 0.2) is 11.9 Å². The number of halogens is 2. The van der Waals surface area contributed by atoms with E-state index in [1.165, 1.54) is 0 Å². The molecule has 1 aliphatic heterocycles. The number of cyclic esters (lactones) is 1. The molecule has 2 aromatic carbocycles. The van der Waals surface area contributed by atoms with E-state index in [-0.39, 0.29) is 15.8 Å². The molecule has 2 atom stereocenters. The first-order valence-corrected chi connectivity index (χ1v) is 8.80. The molecule has 0 saturated carbocycles. The van der Waals surface area contributed by atoms with Gasteiger partial charge >= 0.3 is 5.97 Å². The van der Waals surface area contributed by atoms with E-state index < -0.39 is 18.0 Å². The number of benzene rings is 2. The Morgan fingerprint density at radius 2 is 1.48 bits per heavy atom. The van der Waals surface area contributed by atoms with Crippen molar-refractivity contribution in [3.8, 4) is 11.5 Å². The molecule has 0 bridgehead atoms. The van der Waals surface area contributed by atoms with Crippen LogP contribution in [0.1, 0.15) is 21.8 Å². The van der Waals surface area contributed by atoms with Gasteiger partial charge in [0, 0.05) is 5.56 Å². The quantitative estimate of drug-likeness (QED) is 0.528. The van der Waals surface area contributed by atoms with E-state index in [2.05, 4.69) is 0 Å². The molecular formula is C20H16Cl2O5. The lowest BCUT2D eigenvalue weighted by molar-refractivity contribution is -0.139. The van der Waals surface area contributed by atoms with Gasteiger partial charge in [-0.1, -0.05) is 35.3 Å². The van der Waals surface area contributed by atoms with Crippen molar-refractivity contribution in [3.05, 3.63) is 69.7 Å². The summed E-state index contributed by atoms with van der Waals surface area (Å²) in [6, 6.07) is 13.6. The van der Waals surface area contributed by atoms with Crippen LogP contribution in [-0.2, 0) is 9.53 Å². The highest BCUT2D eigenvalue weighted by molar-refractivity contribution is 6.48. The molecule has 0 aromatic heterocycles. The summed E-state index contributed by atoms with van der Waals surface area (Å²) < 4.78 is 15.6. The van der Waals surface area contributed by atoms with E-state index in [1.54, 1.807) is 62.8 Å². The van der Waals surface area contributed by atoms with Gasteiger partial charge in [-0.15, -0.1) is 0 Å². The summed E-state index contributed by atoms with van der Waals surface area (Å²) in [5, 5.41) is -0.188. The minimum atomic E-state index is -0.991. The highest BCUT2D eigenvalue weighted by atomic mass is 35.5. The summed E-state index contributed by atoms with van der Waals surface area (Å²) in [4.78, 5) is 25.1. The summed E-state index contributed by atoms with van der Waals surface area (Å²) >= 11 is 12.1. The number of rotatable bonds is 6. The Labute approximate surface area is 166 Å². The van der Waals surface area contributed by atoms with Gasteiger partial charge in [-0.2, -0.15) is 0 Å². The molecule has 2 aromatic rings. The molecule has 0 unspecified atom stereocenters. The van der Waals surface area contributed by atoms with Crippen molar-refractivity contribution >= 4 is 35.0 Å². The number of ether oxygens (including phenoxy) is 3. The van der Waals surface area contributed by atoms with Crippen LogP contribution in [0, 0.1) is 0 Å². The molecule has 0 fully saturated rings. The number of esters is 1. The van der Waals surface area contributed by atoms with E-state index in [9.17, 15) is 9.59 Å². The lowest BCUT2D eigenvalue weighted by Crippen LogP contribution is -2.28. The Bertz CT molecular complexity index is 888. The Hall–Kier alpha value is -2.50. The maximum Gasteiger partial charge on any atom is 0.351 e. The fourth-order valence-electron chi connectivity index (χ4n) is 2.87. The van der Waals surface area contributed by atoms with Crippen LogP contribution >= 0.6 is 23.2 Å². The molecule has 0 aliphatic carbocycles. The fourth-order valence-corrected chi connectivity index (χ4v) is 3.27. The van der Waals surface area contributed by atoms with Crippen LogP contribution < -0.4 is 9.47 Å². The molecule has 1 aliphatic rings. The highest BCUT2D eigenvalue weighted by Gasteiger charge is 2.42. The van der Waals surface area contributed by atoms with Crippen LogP contribution in [0.4, 0.5) is 0 Å². The highest BCUT2D eigenvalue weighted by Crippen LogP contribution is 2.39. The van der Waals surface area contributed by atoms with Crippen LogP contribution in [0.5, 0.6) is 11.5 Å². The standard InChI is InChI=1S/C20H16Cl2O5/c1-25-13-7-3-11(4-8-13)15(19-16(21)17(22)20(24)27-19)18(23)12-5-9-14(26-2)10-6-12/h3-10,15,19H,1-2H3/t15-,19+/m1/s1. The van der Waals surface area contributed by atoms with Crippen molar-refractivity contribution in [1.82, 2.24) is 0 Å². The third kappa shape index (κ3) is 3.80. The zero-order valence-electron chi connectivity index (χ0n) is 14.6. The van der Waals surface area contributed by atoms with Gasteiger partial charge in [0.1, 0.15) is 16.5 Å². The summed E-state index contributed by atoms with van der Waals surface area (Å²) in [5.41, 5.74) is 1.05. The topological polar surface area (TPSA) is 61.8 Å². The molecule has 7 heteroatoms. The van der Waals surface area contributed by atoms with Gasteiger partial charge in [0.05, 0.1) is 25.2 Å². The second-order valence-electron chi connectivity index (χ2n) is 5.83. The molecule has 0 spiro atoms. The number of methoxy groups -OCH3 is 2. The van der Waals surface area contributed by atoms with Gasteiger partial charge in [-0.05, 0) is 42.0 Å². The number of carbonyl (C=O) groups excluding carboxylic acids is 2. The SMILES string of the molecule is COc1ccc(C(=O)[C@@H](c2ccc(OC)cc2)[C@@H]2OC(=O)C(Cl)=C2Cl)cc1. The Balaban J connectivity index is 2.03. The molecule has 1 heterocycles. The van der Waals surface area contributed by atoms with E-state index >= 15 is 0 Å². The van der Waals surface area contributed by atoms with Crippen molar-refractivity contribution < 1.29 is 23.8 Å². The van der Waals surface area contributed by atoms with Crippen LogP contribution in [0.15, 0.2) is 58.6 Å². The monoisotopic (exact) mass is 406 g/mol. The Morgan fingerprint density at radius 1 is 0.963 bits per heavy atom. The number of Topliss-reactive ketones (excluding diaryl/α,β-unsaturated/α-hetero) is 1. The predicted molar refractivity (Wildman–Crippen MR) is 102 cm³/mol. The van der Waals surface area contributed by atoms with Crippen LogP contribution in [0.2, 0.25) is 0 Å². The molecule has 5 nitrogen and oxygen atoms in total. The van der Waals surface area contributed by atoms with Crippen molar-refractivity contribution in [3.63, 3.8) is 0 Å². The smallest absolute Gasteiger partial charge is 0.351 e. The molecule has 27 heavy (non-hydrogen) atoms. The normalized spacial score (nSPS) is 17.5. The van der Waals surface area contributed by atoms with Gasteiger partial charge < -0.3 is 14.2 Å². The summed E-state index contributed by atoms with van der Waals surface area (Å²) in [6.45, 7) is 0. The first-order chi connectivity index (χ1) is 13.0. The van der Waals surface area contributed by atoms with Crippen LogP contribution in [0.25, 0.3) is 0 Å². The van der Waals surface area contributed by atoms with E-state index in [0.717, 1.165) is 0 Å². The Kier molecular flexibility index (Phi) is 5.73. The minimum absolute atomic E-state index is 0.0179. The van der Waals surface area contributed by atoms with E-state index in [0.29, 0.717) is 22.6 Å². The molecule has 0 N–H and O–H groups in total. The van der Waals surface area contributed by atoms with Gasteiger partial charge in [-0.3, -0.25) is 4.79 Å². The first-order valence-electron chi connectivity index (χ1n) is 8.04. The van der Waals surface area contributed by atoms with E-state index in [1.807, 2.05) is 0 Å². The second kappa shape index (κ2) is 8.03.